The first-order valence-electron chi connectivity index (χ1n) is 13.9. The number of nitrogens with zero attached hydrogens (tertiary/aromatic N) is 4. The van der Waals surface area contributed by atoms with E-state index in [0.717, 1.165) is 67.0 Å². The van der Waals surface area contributed by atoms with Gasteiger partial charge in [-0.1, -0.05) is 66.3 Å². The normalized spacial score (nSPS) is 13.0. The molecular formula is C34H34FeN4O4. The van der Waals surface area contributed by atoms with Crippen molar-refractivity contribution in [3.63, 3.8) is 0 Å². The van der Waals surface area contributed by atoms with Crippen molar-refractivity contribution in [3.05, 3.63) is 88.5 Å². The predicted molar refractivity (Wildman–Crippen MR) is 167 cm³/mol. The Morgan fingerprint density at radius 1 is 0.814 bits per heavy atom. The average Bonchev–Trinajstić information content (AvgIpc) is 3.59. The van der Waals surface area contributed by atoms with Crippen molar-refractivity contribution in [1.82, 2.24) is 19.9 Å². The Bertz CT molecular complexity index is 1870. The molecule has 0 fully saturated rings. The minimum absolute atomic E-state index is 0. The van der Waals surface area contributed by atoms with Crippen LogP contribution in [-0.2, 0) is 28.3 Å². The van der Waals surface area contributed by atoms with E-state index in [9.17, 15) is 20.1 Å². The van der Waals surface area contributed by atoms with E-state index in [1.807, 2.05) is 52.0 Å². The Labute approximate surface area is 261 Å². The number of hydrogen-bond donors (Lipinski definition) is 3. The monoisotopic (exact) mass is 618 g/mol. The molecule has 2 aliphatic rings. The van der Waals surface area contributed by atoms with Gasteiger partial charge in [0.2, 0.25) is 0 Å². The number of hydrogen-bond acceptors (Lipinski definition) is 5. The fraction of sp³-hybridized carbons (Fsp3) is 0.265. The fourth-order valence-electron chi connectivity index (χ4n) is 5.65. The van der Waals surface area contributed by atoms with Gasteiger partial charge in [-0.3, -0.25) is 4.79 Å². The van der Waals surface area contributed by atoms with Crippen LogP contribution in [0.4, 0.5) is 0 Å². The molecule has 0 atom stereocenters. The first-order valence-corrected chi connectivity index (χ1v) is 13.9. The molecule has 8 nitrogen and oxygen atoms in total. The van der Waals surface area contributed by atoms with Crippen LogP contribution in [0.2, 0.25) is 0 Å². The second-order valence-corrected chi connectivity index (χ2v) is 10.7. The minimum atomic E-state index is -1.46. The van der Waals surface area contributed by atoms with Gasteiger partial charge in [-0.2, -0.15) is 0 Å². The van der Waals surface area contributed by atoms with Gasteiger partial charge in [0.15, 0.2) is 6.29 Å². The van der Waals surface area contributed by atoms with Crippen LogP contribution in [0.1, 0.15) is 78.1 Å². The molecular weight excluding hydrogens is 584 g/mol. The Morgan fingerprint density at radius 2 is 1.40 bits per heavy atom. The van der Waals surface area contributed by atoms with Crippen molar-refractivity contribution < 1.29 is 37.2 Å². The molecule has 0 saturated heterocycles. The zero-order chi connectivity index (χ0) is 30.3. The zero-order valence-electron chi connectivity index (χ0n) is 24.7. The summed E-state index contributed by atoms with van der Waals surface area (Å²) in [4.78, 5) is 31.3. The summed E-state index contributed by atoms with van der Waals surface area (Å²) in [6.07, 6.45) is 2.94. The van der Waals surface area contributed by atoms with Gasteiger partial charge in [0.25, 0.3) is 0 Å². The third-order valence-electron chi connectivity index (χ3n) is 8.13. The van der Waals surface area contributed by atoms with Crippen molar-refractivity contribution in [3.8, 4) is 0 Å². The maximum Gasteiger partial charge on any atom is 2.00 e. The van der Waals surface area contributed by atoms with Crippen LogP contribution in [-0.4, -0.2) is 37.5 Å². The molecule has 5 rings (SSSR count). The van der Waals surface area contributed by atoms with Crippen molar-refractivity contribution in [2.24, 2.45) is 0 Å². The summed E-state index contributed by atoms with van der Waals surface area (Å²) in [5, 5.41) is 28.7. The molecule has 0 spiro atoms. The molecule has 3 aromatic heterocycles. The molecule has 3 aromatic rings. The number of aliphatic hydroxyl groups excluding tert-OH is 1. The van der Waals surface area contributed by atoms with E-state index in [2.05, 4.69) is 13.2 Å². The van der Waals surface area contributed by atoms with Crippen molar-refractivity contribution in [2.45, 2.75) is 59.7 Å². The van der Waals surface area contributed by atoms with Gasteiger partial charge in [0.1, 0.15) is 0 Å². The number of carboxylic acid groups (broad SMARTS) is 1. The first-order chi connectivity index (χ1) is 20.0. The van der Waals surface area contributed by atoms with Gasteiger partial charge in [-0.05, 0) is 62.8 Å². The Balaban J connectivity index is 0.00000423. The Kier molecular flexibility index (Phi) is 9.42. The smallest absolute Gasteiger partial charge is 0.657 e. The molecule has 5 heterocycles. The third kappa shape index (κ3) is 6.08. The van der Waals surface area contributed by atoms with Crippen molar-refractivity contribution in [1.29, 1.82) is 0 Å². The molecule has 0 radical (unpaired) electrons. The van der Waals surface area contributed by atoms with Crippen LogP contribution >= 0.6 is 0 Å². The fourth-order valence-corrected chi connectivity index (χ4v) is 5.65. The second-order valence-electron chi connectivity index (χ2n) is 10.7. The van der Waals surface area contributed by atoms with E-state index in [0.29, 0.717) is 35.3 Å². The molecule has 222 valence electrons. The summed E-state index contributed by atoms with van der Waals surface area (Å²) in [5.74, 6) is -0.888. The van der Waals surface area contributed by atoms with E-state index in [4.69, 9.17) is 19.9 Å². The van der Waals surface area contributed by atoms with Crippen LogP contribution < -0.4 is 9.97 Å². The van der Waals surface area contributed by atoms with Crippen LogP contribution in [0.5, 0.6) is 0 Å². The number of aliphatic carboxylic acids is 1. The standard InChI is InChI=1S/C34H35N4O4.Fe/c1-7-21-17(3)25-13-26-19(5)23(9-11-33(39)40)31(37-26)16-32-24(10-12-34(41)42)20(6)28(38-32)15-30-22(8-2)18(4)27(36-30)14-29(21)35-25;/h7-8,13-16,34,41-42H,1-2,9-12H2,3-6H3,(H2-,35,36,37,38,39,40);/q-1;+2/p-1. The van der Waals surface area contributed by atoms with E-state index >= 15 is 0 Å². The van der Waals surface area contributed by atoms with E-state index in [1.165, 1.54) is 0 Å². The number of allylic oxidation sites excluding steroid dienone is 5. The molecule has 0 aromatic carbocycles. The number of carbonyl (C=O) groups is 1. The van der Waals surface area contributed by atoms with E-state index in [1.54, 1.807) is 12.2 Å². The molecule has 43 heavy (non-hydrogen) atoms. The Morgan fingerprint density at radius 3 is 2.05 bits per heavy atom. The van der Waals surface area contributed by atoms with E-state index < -0.39 is 12.3 Å². The van der Waals surface area contributed by atoms with Gasteiger partial charge < -0.3 is 25.3 Å². The van der Waals surface area contributed by atoms with Crippen LogP contribution in [0.15, 0.2) is 43.5 Å². The third-order valence-corrected chi connectivity index (χ3v) is 8.13. The summed E-state index contributed by atoms with van der Waals surface area (Å²) in [7, 11) is 0. The van der Waals surface area contributed by atoms with Gasteiger partial charge in [-0.15, -0.1) is 22.1 Å². The summed E-state index contributed by atoms with van der Waals surface area (Å²) < 4.78 is 0. The number of aryl methyl sites for hydroxylation is 3. The summed E-state index contributed by atoms with van der Waals surface area (Å²) in [6.45, 7) is 16.0. The quantitative estimate of drug-likeness (QED) is 0.207. The number of carboxylic acids is 1. The van der Waals surface area contributed by atoms with Gasteiger partial charge >= 0.3 is 23.0 Å². The molecule has 0 aliphatic carbocycles. The number of aliphatic hydroxyl groups is 2. The molecule has 0 saturated carbocycles. The maximum absolute atomic E-state index is 11.5. The number of aromatic nitrogens is 4. The molecule has 0 unspecified atom stereocenters. The molecule has 2 aliphatic heterocycles. The van der Waals surface area contributed by atoms with Crippen LogP contribution in [0, 0.1) is 13.8 Å². The largest absolute Gasteiger partial charge is 2.00 e. The maximum atomic E-state index is 11.5. The summed E-state index contributed by atoms with van der Waals surface area (Å²) in [5.41, 5.74) is 12.9. The molecule has 8 bridgehead atoms. The first kappa shape index (κ1) is 31.9. The number of rotatable bonds is 8. The van der Waals surface area contributed by atoms with Crippen molar-refractivity contribution in [2.75, 3.05) is 0 Å². The van der Waals surface area contributed by atoms with Crippen LogP contribution in [0.3, 0.4) is 0 Å². The van der Waals surface area contributed by atoms with Crippen molar-refractivity contribution >= 4 is 56.4 Å². The van der Waals surface area contributed by atoms with Gasteiger partial charge in [0, 0.05) is 18.4 Å². The molecule has 0 amide bonds. The predicted octanol–water partition coefficient (Wildman–Crippen LogP) is 5.99. The summed E-state index contributed by atoms with van der Waals surface area (Å²) >= 11 is 0. The molecule has 9 heteroatoms. The SMILES string of the molecule is C=CC1=C(C)c2cc3[n-]c(cc4nc(cc5[n-]c(cc1n2)c(C)c5C=C)C(C)=C4CCC(O)O)c(CCC(=O)O)c3C.[Fe+2]. The average molecular weight is 619 g/mol. The van der Waals surface area contributed by atoms with Gasteiger partial charge in [-0.25, -0.2) is 9.97 Å². The summed E-state index contributed by atoms with van der Waals surface area (Å²) in [6, 6.07) is 7.69. The van der Waals surface area contributed by atoms with Crippen LogP contribution in [0.25, 0.3) is 50.4 Å². The van der Waals surface area contributed by atoms with E-state index in [-0.39, 0.29) is 29.9 Å². The number of fused-ring (bicyclic) bond motifs is 8. The zero-order valence-corrected chi connectivity index (χ0v) is 25.8. The topological polar surface area (TPSA) is 132 Å². The van der Waals surface area contributed by atoms with Gasteiger partial charge in [0.05, 0.1) is 22.8 Å². The molecule has 3 N–H and O–H groups in total. The second kappa shape index (κ2) is 12.7. The minimum Gasteiger partial charge on any atom is -0.657 e. The Hall–Kier alpha value is -4.01.